The first kappa shape index (κ1) is 8.84. The fourth-order valence-corrected chi connectivity index (χ4v) is 1.10. The minimum atomic E-state index is -0.928. The molecule has 3 nitrogen and oxygen atoms in total. The van der Waals surface area contributed by atoms with E-state index in [1.807, 2.05) is 13.0 Å². The van der Waals surface area contributed by atoms with Crippen LogP contribution in [0.15, 0.2) is 23.5 Å². The van der Waals surface area contributed by atoms with Crippen LogP contribution in [0.3, 0.4) is 0 Å². The van der Waals surface area contributed by atoms with Gasteiger partial charge in [0.1, 0.15) is 0 Å². The van der Waals surface area contributed by atoms with E-state index in [2.05, 4.69) is 6.08 Å². The number of hydrogen-bond donors (Lipinski definition) is 1. The van der Waals surface area contributed by atoms with Gasteiger partial charge in [0.2, 0.25) is 0 Å². The number of carbonyl (C=O) groups is 1. The van der Waals surface area contributed by atoms with E-state index in [1.165, 1.54) is 0 Å². The van der Waals surface area contributed by atoms with Gasteiger partial charge in [-0.15, -0.1) is 0 Å². The topological polar surface area (TPSA) is 46.5 Å². The zero-order chi connectivity index (χ0) is 8.97. The van der Waals surface area contributed by atoms with Gasteiger partial charge in [0.05, 0.1) is 5.76 Å². The summed E-state index contributed by atoms with van der Waals surface area (Å²) in [6, 6.07) is 0. The largest absolute Gasteiger partial charge is 0.486 e. The van der Waals surface area contributed by atoms with E-state index in [-0.39, 0.29) is 6.61 Å². The van der Waals surface area contributed by atoms with Crippen LogP contribution in [0.25, 0.3) is 0 Å². The van der Waals surface area contributed by atoms with Crippen molar-refractivity contribution in [1.82, 2.24) is 0 Å². The van der Waals surface area contributed by atoms with Crippen molar-refractivity contribution in [3.8, 4) is 0 Å². The molecule has 1 rings (SSSR count). The molecule has 0 bridgehead atoms. The van der Waals surface area contributed by atoms with Gasteiger partial charge in [0.25, 0.3) is 0 Å². The minimum Gasteiger partial charge on any atom is -0.486 e. The Bertz CT molecular complexity index is 238. The maximum absolute atomic E-state index is 10.2. The maximum Gasteiger partial charge on any atom is 0.341 e. The molecular weight excluding hydrogens is 156 g/mol. The second kappa shape index (κ2) is 3.95. The molecule has 0 aromatic rings. The van der Waals surface area contributed by atoms with Crippen LogP contribution in [0.2, 0.25) is 0 Å². The lowest BCUT2D eigenvalue weighted by Crippen LogP contribution is -2.07. The van der Waals surface area contributed by atoms with Crippen LogP contribution in [0, 0.1) is 0 Å². The molecule has 0 amide bonds. The lowest BCUT2D eigenvalue weighted by atomic mass is 10.1. The molecule has 0 atom stereocenters. The number of aliphatic carboxylic acids is 1. The molecule has 0 aromatic heterocycles. The van der Waals surface area contributed by atoms with Gasteiger partial charge in [-0.25, -0.2) is 4.79 Å². The lowest BCUT2D eigenvalue weighted by molar-refractivity contribution is -0.140. The molecule has 1 aliphatic rings. The summed E-state index contributed by atoms with van der Waals surface area (Å²) in [6.07, 6.45) is 5.74. The van der Waals surface area contributed by atoms with Gasteiger partial charge in [-0.3, -0.25) is 0 Å². The summed E-state index contributed by atoms with van der Waals surface area (Å²) in [5.41, 5.74) is 1.14. The maximum atomic E-state index is 10.2. The molecule has 0 spiro atoms. The van der Waals surface area contributed by atoms with Crippen molar-refractivity contribution in [2.24, 2.45) is 0 Å². The van der Waals surface area contributed by atoms with Gasteiger partial charge < -0.3 is 9.84 Å². The van der Waals surface area contributed by atoms with Crippen molar-refractivity contribution in [1.29, 1.82) is 0 Å². The standard InChI is InChI=1S/C9H12O3/c1-7-3-2-4-8(5-7)12-6-9(10)11/h3,5H,2,4,6H2,1H3,(H,10,11). The summed E-state index contributed by atoms with van der Waals surface area (Å²) in [4.78, 5) is 10.2. The fourth-order valence-electron chi connectivity index (χ4n) is 1.10. The molecular formula is C9H12O3. The van der Waals surface area contributed by atoms with E-state index in [1.54, 1.807) is 0 Å². The van der Waals surface area contributed by atoms with Gasteiger partial charge in [-0.05, 0) is 19.4 Å². The van der Waals surface area contributed by atoms with Crippen LogP contribution < -0.4 is 0 Å². The highest BCUT2D eigenvalue weighted by atomic mass is 16.5. The molecule has 0 saturated carbocycles. The van der Waals surface area contributed by atoms with Crippen LogP contribution in [-0.2, 0) is 9.53 Å². The van der Waals surface area contributed by atoms with Crippen LogP contribution in [0.5, 0.6) is 0 Å². The Labute approximate surface area is 71.3 Å². The number of allylic oxidation sites excluding steroid dienone is 4. The first-order valence-electron chi connectivity index (χ1n) is 3.90. The Balaban J connectivity index is 2.42. The molecule has 3 heteroatoms. The molecule has 12 heavy (non-hydrogen) atoms. The summed E-state index contributed by atoms with van der Waals surface area (Å²) in [7, 11) is 0. The zero-order valence-electron chi connectivity index (χ0n) is 7.04. The number of ether oxygens (including phenoxy) is 1. The van der Waals surface area contributed by atoms with Crippen molar-refractivity contribution in [3.05, 3.63) is 23.5 Å². The predicted molar refractivity (Wildman–Crippen MR) is 44.7 cm³/mol. The van der Waals surface area contributed by atoms with E-state index in [0.29, 0.717) is 0 Å². The SMILES string of the molecule is CC1=CCCC(OCC(=O)O)=C1. The number of hydrogen-bond acceptors (Lipinski definition) is 2. The van der Waals surface area contributed by atoms with Crippen molar-refractivity contribution in [2.75, 3.05) is 6.61 Å². The second-order valence-electron chi connectivity index (χ2n) is 2.78. The summed E-state index contributed by atoms with van der Waals surface area (Å²) < 4.78 is 5.04. The average molecular weight is 168 g/mol. The molecule has 0 radical (unpaired) electrons. The average Bonchev–Trinajstić information content (AvgIpc) is 2.01. The molecule has 0 saturated heterocycles. The molecule has 66 valence electrons. The van der Waals surface area contributed by atoms with E-state index in [9.17, 15) is 4.79 Å². The van der Waals surface area contributed by atoms with Crippen LogP contribution in [0.4, 0.5) is 0 Å². The molecule has 0 fully saturated rings. The highest BCUT2D eigenvalue weighted by molar-refractivity contribution is 5.68. The van der Waals surface area contributed by atoms with Crippen molar-refractivity contribution >= 4 is 5.97 Å². The monoisotopic (exact) mass is 168 g/mol. The Kier molecular flexibility index (Phi) is 2.91. The smallest absolute Gasteiger partial charge is 0.341 e. The lowest BCUT2D eigenvalue weighted by Gasteiger charge is -2.11. The molecule has 1 aliphatic carbocycles. The normalized spacial score (nSPS) is 16.4. The fraction of sp³-hybridized carbons (Fsp3) is 0.444. The van der Waals surface area contributed by atoms with E-state index >= 15 is 0 Å². The Morgan fingerprint density at radius 3 is 3.08 bits per heavy atom. The summed E-state index contributed by atoms with van der Waals surface area (Å²) >= 11 is 0. The van der Waals surface area contributed by atoms with Crippen molar-refractivity contribution in [3.63, 3.8) is 0 Å². The molecule has 0 heterocycles. The van der Waals surface area contributed by atoms with E-state index in [4.69, 9.17) is 9.84 Å². The quantitative estimate of drug-likeness (QED) is 0.697. The van der Waals surface area contributed by atoms with Crippen LogP contribution in [-0.4, -0.2) is 17.7 Å². The summed E-state index contributed by atoms with van der Waals surface area (Å²) in [5, 5.41) is 8.34. The predicted octanol–water partition coefficient (Wildman–Crippen LogP) is 1.71. The van der Waals surface area contributed by atoms with Gasteiger partial charge in [0, 0.05) is 6.42 Å². The zero-order valence-corrected chi connectivity index (χ0v) is 7.04. The van der Waals surface area contributed by atoms with Gasteiger partial charge in [0.15, 0.2) is 6.61 Å². The number of carboxylic acids is 1. The van der Waals surface area contributed by atoms with Crippen molar-refractivity contribution < 1.29 is 14.6 Å². The third kappa shape index (κ3) is 2.78. The van der Waals surface area contributed by atoms with E-state index < -0.39 is 5.97 Å². The van der Waals surface area contributed by atoms with E-state index in [0.717, 1.165) is 24.2 Å². The minimum absolute atomic E-state index is 0.237. The van der Waals surface area contributed by atoms with Crippen LogP contribution >= 0.6 is 0 Å². The Morgan fingerprint density at radius 1 is 1.75 bits per heavy atom. The summed E-state index contributed by atoms with van der Waals surface area (Å²) in [6.45, 7) is 1.74. The number of rotatable bonds is 3. The summed E-state index contributed by atoms with van der Waals surface area (Å²) in [5.74, 6) is -0.152. The third-order valence-electron chi connectivity index (χ3n) is 1.63. The molecule has 1 N–H and O–H groups in total. The highest BCUT2D eigenvalue weighted by Gasteiger charge is 2.05. The molecule has 0 aliphatic heterocycles. The van der Waals surface area contributed by atoms with Crippen molar-refractivity contribution in [2.45, 2.75) is 19.8 Å². The van der Waals surface area contributed by atoms with Gasteiger partial charge in [-0.2, -0.15) is 0 Å². The van der Waals surface area contributed by atoms with Crippen LogP contribution in [0.1, 0.15) is 19.8 Å². The Hall–Kier alpha value is -1.25. The number of carboxylic acid groups (broad SMARTS) is 1. The highest BCUT2D eigenvalue weighted by Crippen LogP contribution is 2.17. The molecule has 0 aromatic carbocycles. The van der Waals surface area contributed by atoms with Gasteiger partial charge in [-0.1, -0.05) is 11.6 Å². The molecule has 0 unspecified atom stereocenters. The second-order valence-corrected chi connectivity index (χ2v) is 2.78. The van der Waals surface area contributed by atoms with Gasteiger partial charge >= 0.3 is 5.97 Å². The third-order valence-corrected chi connectivity index (χ3v) is 1.63. The first-order chi connectivity index (χ1) is 5.68. The first-order valence-corrected chi connectivity index (χ1v) is 3.90. The Morgan fingerprint density at radius 2 is 2.50 bits per heavy atom.